The summed E-state index contributed by atoms with van der Waals surface area (Å²) >= 11 is 1.47. The predicted octanol–water partition coefficient (Wildman–Crippen LogP) is 4.34. The van der Waals surface area contributed by atoms with E-state index in [9.17, 15) is 14.9 Å². The van der Waals surface area contributed by atoms with Gasteiger partial charge in [0.25, 0.3) is 0 Å². The number of aromatic nitrogens is 4. The Bertz CT molecular complexity index is 1920. The standard InChI is InChI=1S/C35H44N8O4S/c1-2-42-26-31(43(33(42)45)21-8-5-17-46-19-21)39-30(40-32(26)47-20-34-11-6-15-41(34)16-7-12-34)27(44)22-9-3-13-35(28(22)37)14-4-10-24-25(35)23(18-36)29(38)48-24/h21H,2-17,19-20,37-38H2,1H3/t21-,35+/m1/s1. The molecule has 3 saturated heterocycles. The van der Waals surface area contributed by atoms with E-state index in [1.165, 1.54) is 11.3 Å². The van der Waals surface area contributed by atoms with E-state index in [0.717, 1.165) is 94.2 Å². The van der Waals surface area contributed by atoms with Crippen molar-refractivity contribution in [2.75, 3.05) is 38.6 Å². The van der Waals surface area contributed by atoms with Crippen LogP contribution in [0.5, 0.6) is 5.88 Å². The van der Waals surface area contributed by atoms with Crippen molar-refractivity contribution in [3.8, 4) is 11.9 Å². The maximum Gasteiger partial charge on any atom is 0.330 e. The van der Waals surface area contributed by atoms with Crippen molar-refractivity contribution in [3.05, 3.63) is 43.6 Å². The first-order valence-electron chi connectivity index (χ1n) is 17.7. The highest BCUT2D eigenvalue weighted by Gasteiger charge is 2.47. The van der Waals surface area contributed by atoms with E-state index in [1.807, 2.05) is 6.92 Å². The van der Waals surface area contributed by atoms with Gasteiger partial charge in [-0.2, -0.15) is 10.2 Å². The lowest BCUT2D eigenvalue weighted by molar-refractivity contribution is 0.0590. The number of ether oxygens (including phenoxy) is 2. The molecule has 2 aliphatic carbocycles. The zero-order valence-electron chi connectivity index (χ0n) is 27.7. The molecule has 2 atom stereocenters. The normalized spacial score (nSPS) is 25.4. The van der Waals surface area contributed by atoms with Crippen LogP contribution in [0, 0.1) is 11.3 Å². The molecule has 12 nitrogen and oxygen atoms in total. The minimum Gasteiger partial charge on any atom is -0.474 e. The van der Waals surface area contributed by atoms with Gasteiger partial charge in [-0.25, -0.2) is 9.78 Å². The SMILES string of the molecule is CCn1c(=O)n([C@@H]2CCCOC2)c2nc(C(=O)C3=C(N)[C@@]4(CCC3)CCCc3sc(N)c(C#N)c34)nc(OCC34CCCN3CCC4)c21. The van der Waals surface area contributed by atoms with E-state index in [1.54, 1.807) is 9.13 Å². The van der Waals surface area contributed by atoms with Crippen molar-refractivity contribution in [2.45, 2.75) is 108 Å². The third kappa shape index (κ3) is 4.66. The second-order valence-electron chi connectivity index (χ2n) is 14.3. The Morgan fingerprint density at radius 3 is 2.58 bits per heavy atom. The third-order valence-electron chi connectivity index (χ3n) is 11.8. The van der Waals surface area contributed by atoms with Crippen LogP contribution in [-0.4, -0.2) is 68.2 Å². The van der Waals surface area contributed by atoms with Crippen molar-refractivity contribution < 1.29 is 14.3 Å². The van der Waals surface area contributed by atoms with Crippen LogP contribution in [0.15, 0.2) is 16.1 Å². The number of fused-ring (bicyclic) bond motifs is 4. The smallest absolute Gasteiger partial charge is 0.330 e. The van der Waals surface area contributed by atoms with E-state index in [-0.39, 0.29) is 34.8 Å². The van der Waals surface area contributed by atoms with Gasteiger partial charge in [0.15, 0.2) is 11.2 Å². The Morgan fingerprint density at radius 1 is 1.10 bits per heavy atom. The maximum atomic E-state index is 14.7. The van der Waals surface area contributed by atoms with Crippen molar-refractivity contribution in [3.63, 3.8) is 0 Å². The number of nitrogens with zero attached hydrogens (tertiary/aromatic N) is 6. The molecule has 5 aliphatic rings. The number of hydrogen-bond donors (Lipinski definition) is 2. The van der Waals surface area contributed by atoms with Crippen molar-refractivity contribution in [1.82, 2.24) is 24.0 Å². The van der Waals surface area contributed by atoms with E-state index < -0.39 is 5.41 Å². The number of Topliss-reactive ketones (excluding diaryl/α,β-unsaturated/α-hetero) is 1. The zero-order chi connectivity index (χ0) is 33.2. The molecule has 3 aromatic rings. The number of anilines is 1. The number of rotatable bonds is 7. The molecule has 0 saturated carbocycles. The molecular weight excluding hydrogens is 629 g/mol. The lowest BCUT2D eigenvalue weighted by Crippen LogP contribution is -2.43. The Balaban J connectivity index is 1.27. The number of aryl methyl sites for hydroxylation is 2. The average molecular weight is 673 g/mol. The molecule has 0 radical (unpaired) electrons. The largest absolute Gasteiger partial charge is 0.474 e. The molecule has 3 fully saturated rings. The summed E-state index contributed by atoms with van der Waals surface area (Å²) in [4.78, 5) is 42.0. The topological polar surface area (TPSA) is 167 Å². The fourth-order valence-corrected chi connectivity index (χ4v) is 10.7. The summed E-state index contributed by atoms with van der Waals surface area (Å²) in [7, 11) is 0. The Morgan fingerprint density at radius 2 is 1.88 bits per heavy atom. The first-order chi connectivity index (χ1) is 23.3. The number of nitrogen functional groups attached to an aromatic ring is 1. The minimum absolute atomic E-state index is 0.0141. The maximum absolute atomic E-state index is 14.7. The summed E-state index contributed by atoms with van der Waals surface area (Å²) in [6.45, 7) is 5.96. The van der Waals surface area contributed by atoms with Crippen LogP contribution in [0.3, 0.4) is 0 Å². The van der Waals surface area contributed by atoms with E-state index in [2.05, 4.69) is 11.0 Å². The van der Waals surface area contributed by atoms with Crippen molar-refractivity contribution >= 4 is 33.3 Å². The molecule has 1 spiro atoms. The molecule has 0 aromatic carbocycles. The lowest BCUT2D eigenvalue weighted by Gasteiger charge is -2.42. The van der Waals surface area contributed by atoms with Gasteiger partial charge in [0.1, 0.15) is 17.7 Å². The van der Waals surface area contributed by atoms with Gasteiger partial charge in [-0.05, 0) is 103 Å². The lowest BCUT2D eigenvalue weighted by atomic mass is 9.62. The van der Waals surface area contributed by atoms with Gasteiger partial charge in [0, 0.05) is 34.7 Å². The van der Waals surface area contributed by atoms with Crippen LogP contribution >= 0.6 is 11.3 Å². The number of nitriles is 1. The van der Waals surface area contributed by atoms with Crippen LogP contribution < -0.4 is 21.9 Å². The van der Waals surface area contributed by atoms with Crippen LogP contribution in [-0.2, 0) is 23.1 Å². The van der Waals surface area contributed by atoms with Gasteiger partial charge in [-0.15, -0.1) is 11.3 Å². The molecule has 13 heteroatoms. The monoisotopic (exact) mass is 672 g/mol. The highest BCUT2D eigenvalue weighted by atomic mass is 32.1. The molecule has 0 unspecified atom stereocenters. The number of carbonyl (C=O) groups is 1. The first kappa shape index (κ1) is 31.5. The Kier molecular flexibility index (Phi) is 7.88. The number of allylic oxidation sites excluding steroid dienone is 2. The molecular formula is C35H44N8O4S. The van der Waals surface area contributed by atoms with Gasteiger partial charge in [0.2, 0.25) is 17.5 Å². The number of imidazole rings is 1. The average Bonchev–Trinajstić information content (AvgIpc) is 3.84. The van der Waals surface area contributed by atoms with Gasteiger partial charge in [0.05, 0.1) is 23.8 Å². The third-order valence-corrected chi connectivity index (χ3v) is 12.9. The molecule has 3 aliphatic heterocycles. The van der Waals surface area contributed by atoms with E-state index >= 15 is 0 Å². The van der Waals surface area contributed by atoms with Crippen molar-refractivity contribution in [2.24, 2.45) is 5.73 Å². The zero-order valence-corrected chi connectivity index (χ0v) is 28.5. The molecule has 6 heterocycles. The van der Waals surface area contributed by atoms with Crippen LogP contribution in [0.2, 0.25) is 0 Å². The molecule has 4 N–H and O–H groups in total. The number of thiophene rings is 1. The summed E-state index contributed by atoms with van der Waals surface area (Å²) in [5.74, 6) is -0.0930. The summed E-state index contributed by atoms with van der Waals surface area (Å²) in [6.07, 6.45) is 10.5. The van der Waals surface area contributed by atoms with Gasteiger partial charge in [-0.1, -0.05) is 0 Å². The van der Waals surface area contributed by atoms with Crippen molar-refractivity contribution in [1.29, 1.82) is 5.26 Å². The second kappa shape index (κ2) is 12.0. The second-order valence-corrected chi connectivity index (χ2v) is 15.4. The highest BCUT2D eigenvalue weighted by Crippen LogP contribution is 2.53. The summed E-state index contributed by atoms with van der Waals surface area (Å²) < 4.78 is 15.8. The molecule has 48 heavy (non-hydrogen) atoms. The highest BCUT2D eigenvalue weighted by molar-refractivity contribution is 7.16. The number of carbonyl (C=O) groups excluding carboxylic acids is 1. The van der Waals surface area contributed by atoms with E-state index in [4.69, 9.17) is 30.9 Å². The fourth-order valence-electron chi connectivity index (χ4n) is 9.54. The fraction of sp³-hybridized carbons (Fsp3) is 0.629. The summed E-state index contributed by atoms with van der Waals surface area (Å²) in [6, 6.07) is 2.13. The molecule has 3 aromatic heterocycles. The molecule has 0 bridgehead atoms. The van der Waals surface area contributed by atoms with Gasteiger partial charge >= 0.3 is 5.69 Å². The summed E-state index contributed by atoms with van der Waals surface area (Å²) in [5, 5.41) is 10.6. The molecule has 254 valence electrons. The predicted molar refractivity (Wildman–Crippen MR) is 182 cm³/mol. The number of ketones is 1. The van der Waals surface area contributed by atoms with Crippen LogP contribution in [0.4, 0.5) is 5.00 Å². The summed E-state index contributed by atoms with van der Waals surface area (Å²) in [5.41, 5.74) is 15.8. The number of nitrogens with two attached hydrogens (primary N) is 2. The first-order valence-corrected chi connectivity index (χ1v) is 18.5. The molecule has 8 rings (SSSR count). The Hall–Kier alpha value is -3.73. The Labute approximate surface area is 283 Å². The minimum atomic E-state index is -0.625. The van der Waals surface area contributed by atoms with Gasteiger partial charge in [-0.3, -0.25) is 18.8 Å². The quantitative estimate of drug-likeness (QED) is 0.345. The van der Waals surface area contributed by atoms with Crippen LogP contribution in [0.1, 0.15) is 110 Å². The number of hydrogen-bond acceptors (Lipinski definition) is 11. The molecule has 0 amide bonds. The van der Waals surface area contributed by atoms with Gasteiger partial charge < -0.3 is 20.9 Å². The van der Waals surface area contributed by atoms with Crippen LogP contribution in [0.25, 0.3) is 11.2 Å². The van der Waals surface area contributed by atoms with E-state index in [0.29, 0.717) is 65.8 Å².